The van der Waals surface area contributed by atoms with Gasteiger partial charge < -0.3 is 15.0 Å². The molecule has 0 aromatic heterocycles. The molecule has 4 aromatic rings. The van der Waals surface area contributed by atoms with E-state index in [0.29, 0.717) is 23.9 Å². The molecule has 1 atom stereocenters. The molecule has 0 aliphatic rings. The van der Waals surface area contributed by atoms with Crippen LogP contribution in [-0.4, -0.2) is 50.9 Å². The van der Waals surface area contributed by atoms with E-state index in [0.717, 1.165) is 9.87 Å². The molecule has 0 radical (unpaired) electrons. The Morgan fingerprint density at radius 1 is 0.889 bits per heavy atom. The molecule has 0 aliphatic heterocycles. The monoisotopic (exact) mass is 651 g/mol. The number of amides is 2. The first-order valence-corrected chi connectivity index (χ1v) is 16.3. The Bertz CT molecular complexity index is 1690. The molecule has 0 saturated heterocycles. The van der Waals surface area contributed by atoms with Gasteiger partial charge in [0.25, 0.3) is 10.0 Å². The lowest BCUT2D eigenvalue weighted by atomic mass is 10.0. The van der Waals surface area contributed by atoms with E-state index in [-0.39, 0.29) is 29.1 Å². The molecule has 11 heteroatoms. The summed E-state index contributed by atoms with van der Waals surface area (Å²) < 4.78 is 49.6. The minimum absolute atomic E-state index is 0.0844. The molecule has 4 aromatic carbocycles. The third kappa shape index (κ3) is 8.61. The number of benzene rings is 4. The fraction of sp³-hybridized carbons (Fsp3) is 0.235. The number of hydrogen-bond donors (Lipinski definition) is 1. The Kier molecular flexibility index (Phi) is 11.6. The lowest BCUT2D eigenvalue weighted by Crippen LogP contribution is -2.53. The lowest BCUT2D eigenvalue weighted by Gasteiger charge is -2.34. The molecule has 0 aliphatic carbocycles. The molecule has 4 rings (SSSR count). The van der Waals surface area contributed by atoms with Crippen LogP contribution in [0.2, 0.25) is 5.02 Å². The van der Waals surface area contributed by atoms with Crippen LogP contribution >= 0.6 is 11.6 Å². The van der Waals surface area contributed by atoms with E-state index in [1.165, 1.54) is 59.5 Å². The number of nitrogens with zero attached hydrogens (tertiary/aromatic N) is 2. The molecule has 2 amide bonds. The van der Waals surface area contributed by atoms with Crippen LogP contribution in [0.4, 0.5) is 10.1 Å². The molecular weight excluding hydrogens is 617 g/mol. The standard InChI is InChI=1S/C34H35ClFN3O5S/c1-3-37-34(41)32(22-25-10-6-5-7-11-25)38(23-26-12-8-9-13-31(26)36)33(40)24-39(28-16-18-29(19-17-28)44-4-2)45(42,43)30-20-14-27(35)15-21-30/h5-21,32H,3-4,22-24H2,1-2H3,(H,37,41)/t32-/m1/s1. The molecule has 0 spiro atoms. The third-order valence-electron chi connectivity index (χ3n) is 7.04. The van der Waals surface area contributed by atoms with Crippen LogP contribution in [0, 0.1) is 5.82 Å². The predicted molar refractivity (Wildman–Crippen MR) is 173 cm³/mol. The van der Waals surface area contributed by atoms with Gasteiger partial charge in [0.2, 0.25) is 11.8 Å². The number of carbonyl (C=O) groups excluding carboxylic acids is 2. The van der Waals surface area contributed by atoms with Gasteiger partial charge in [-0.05, 0) is 74.0 Å². The number of nitrogens with one attached hydrogen (secondary N) is 1. The summed E-state index contributed by atoms with van der Waals surface area (Å²) in [5, 5.41) is 3.13. The maximum atomic E-state index is 15.0. The third-order valence-corrected chi connectivity index (χ3v) is 9.08. The van der Waals surface area contributed by atoms with Crippen molar-refractivity contribution in [1.82, 2.24) is 10.2 Å². The summed E-state index contributed by atoms with van der Waals surface area (Å²) in [4.78, 5) is 29.0. The molecule has 45 heavy (non-hydrogen) atoms. The average Bonchev–Trinajstić information content (AvgIpc) is 3.03. The van der Waals surface area contributed by atoms with Crippen molar-refractivity contribution in [3.8, 4) is 5.75 Å². The fourth-order valence-corrected chi connectivity index (χ4v) is 6.33. The van der Waals surface area contributed by atoms with Crippen molar-refractivity contribution in [2.75, 3.05) is 24.0 Å². The van der Waals surface area contributed by atoms with Crippen molar-refractivity contribution in [3.05, 3.63) is 125 Å². The summed E-state index contributed by atoms with van der Waals surface area (Å²) in [5.41, 5.74) is 1.16. The van der Waals surface area contributed by atoms with Crippen LogP contribution in [0.1, 0.15) is 25.0 Å². The largest absolute Gasteiger partial charge is 0.494 e. The van der Waals surface area contributed by atoms with Crippen LogP contribution < -0.4 is 14.4 Å². The number of hydrogen-bond acceptors (Lipinski definition) is 5. The first-order valence-electron chi connectivity index (χ1n) is 14.5. The molecule has 8 nitrogen and oxygen atoms in total. The second-order valence-electron chi connectivity index (χ2n) is 10.1. The number of carbonyl (C=O) groups is 2. The van der Waals surface area contributed by atoms with Crippen molar-refractivity contribution in [2.45, 2.75) is 37.8 Å². The van der Waals surface area contributed by atoms with Gasteiger partial charge in [0.05, 0.1) is 17.2 Å². The highest BCUT2D eigenvalue weighted by molar-refractivity contribution is 7.92. The van der Waals surface area contributed by atoms with Crippen LogP contribution in [0.5, 0.6) is 5.75 Å². The van der Waals surface area contributed by atoms with E-state index in [9.17, 15) is 22.4 Å². The maximum absolute atomic E-state index is 15.0. The summed E-state index contributed by atoms with van der Waals surface area (Å²) in [6.07, 6.45) is 0.125. The van der Waals surface area contributed by atoms with Gasteiger partial charge in [0, 0.05) is 30.1 Å². The molecule has 1 N–H and O–H groups in total. The van der Waals surface area contributed by atoms with Gasteiger partial charge in [-0.15, -0.1) is 0 Å². The van der Waals surface area contributed by atoms with Gasteiger partial charge in [-0.3, -0.25) is 13.9 Å². The normalized spacial score (nSPS) is 11.8. The van der Waals surface area contributed by atoms with Gasteiger partial charge in [-0.2, -0.15) is 0 Å². The summed E-state index contributed by atoms with van der Waals surface area (Å²) >= 11 is 6.03. The number of halogens is 2. The number of sulfonamides is 1. The van der Waals surface area contributed by atoms with E-state index >= 15 is 0 Å². The minimum atomic E-state index is -4.31. The average molecular weight is 652 g/mol. The molecule has 0 saturated carbocycles. The second-order valence-corrected chi connectivity index (χ2v) is 12.4. The number of rotatable bonds is 14. The van der Waals surface area contributed by atoms with Crippen molar-refractivity contribution in [1.29, 1.82) is 0 Å². The molecule has 0 bridgehead atoms. The summed E-state index contributed by atoms with van der Waals surface area (Å²) in [7, 11) is -4.31. The summed E-state index contributed by atoms with van der Waals surface area (Å²) in [6.45, 7) is 3.37. The van der Waals surface area contributed by atoms with Crippen molar-refractivity contribution in [3.63, 3.8) is 0 Å². The maximum Gasteiger partial charge on any atom is 0.264 e. The Morgan fingerprint density at radius 3 is 2.16 bits per heavy atom. The molecular formula is C34H35ClFN3O5S. The first kappa shape index (κ1) is 33.5. The quantitative estimate of drug-likeness (QED) is 0.185. The zero-order chi connectivity index (χ0) is 32.4. The molecule has 236 valence electrons. The number of ether oxygens (including phenoxy) is 1. The van der Waals surface area contributed by atoms with Gasteiger partial charge in [0.1, 0.15) is 24.2 Å². The van der Waals surface area contributed by atoms with Gasteiger partial charge >= 0.3 is 0 Å². The summed E-state index contributed by atoms with van der Waals surface area (Å²) in [6, 6.07) is 25.9. The predicted octanol–water partition coefficient (Wildman–Crippen LogP) is 5.85. The Balaban J connectivity index is 1.80. The SMILES string of the molecule is CCNC(=O)[C@@H](Cc1ccccc1)N(Cc1ccccc1F)C(=O)CN(c1ccc(OCC)cc1)S(=O)(=O)c1ccc(Cl)cc1. The van der Waals surface area contributed by atoms with E-state index < -0.39 is 40.2 Å². The Labute approximate surface area is 268 Å². The van der Waals surface area contributed by atoms with E-state index in [1.807, 2.05) is 37.3 Å². The van der Waals surface area contributed by atoms with Gasteiger partial charge in [-0.1, -0.05) is 60.1 Å². The number of anilines is 1. The van der Waals surface area contributed by atoms with Gasteiger partial charge in [-0.25, -0.2) is 12.8 Å². The zero-order valence-electron chi connectivity index (χ0n) is 25.0. The van der Waals surface area contributed by atoms with Crippen LogP contribution in [-0.2, 0) is 32.6 Å². The van der Waals surface area contributed by atoms with Gasteiger partial charge in [0.15, 0.2) is 0 Å². The zero-order valence-corrected chi connectivity index (χ0v) is 26.6. The van der Waals surface area contributed by atoms with Crippen molar-refractivity contribution in [2.24, 2.45) is 0 Å². The highest BCUT2D eigenvalue weighted by Gasteiger charge is 2.35. The molecule has 0 fully saturated rings. The first-order chi connectivity index (χ1) is 21.6. The molecule has 0 heterocycles. The highest BCUT2D eigenvalue weighted by atomic mass is 35.5. The van der Waals surface area contributed by atoms with E-state index in [2.05, 4.69) is 5.32 Å². The van der Waals surface area contributed by atoms with E-state index in [1.54, 1.807) is 25.1 Å². The Morgan fingerprint density at radius 2 is 1.53 bits per heavy atom. The minimum Gasteiger partial charge on any atom is -0.494 e. The van der Waals surface area contributed by atoms with E-state index in [4.69, 9.17) is 16.3 Å². The molecule has 0 unspecified atom stereocenters. The second kappa shape index (κ2) is 15.5. The lowest BCUT2D eigenvalue weighted by molar-refractivity contribution is -0.140. The summed E-state index contributed by atoms with van der Waals surface area (Å²) in [5.74, 6) is -1.17. The van der Waals surface area contributed by atoms with Crippen LogP contribution in [0.3, 0.4) is 0 Å². The van der Waals surface area contributed by atoms with Crippen LogP contribution in [0.25, 0.3) is 0 Å². The Hall–Kier alpha value is -4.41. The number of likely N-dealkylation sites (N-methyl/N-ethyl adjacent to an activating group) is 1. The topological polar surface area (TPSA) is 96.0 Å². The van der Waals surface area contributed by atoms with Crippen molar-refractivity contribution >= 4 is 39.1 Å². The highest BCUT2D eigenvalue weighted by Crippen LogP contribution is 2.28. The fourth-order valence-electron chi connectivity index (χ4n) is 4.79. The smallest absolute Gasteiger partial charge is 0.264 e. The van der Waals surface area contributed by atoms with Crippen LogP contribution in [0.15, 0.2) is 108 Å². The van der Waals surface area contributed by atoms with Crippen molar-refractivity contribution < 1.29 is 27.1 Å².